The van der Waals surface area contributed by atoms with Crippen LogP contribution in [0.4, 0.5) is 0 Å². The van der Waals surface area contributed by atoms with Gasteiger partial charge in [-0.15, -0.1) is 0 Å². The molecule has 2 aromatic carbocycles. The first-order valence-corrected chi connectivity index (χ1v) is 5.78. The summed E-state index contributed by atoms with van der Waals surface area (Å²) in [6, 6.07) is 6.69. The third-order valence-electron chi connectivity index (χ3n) is 3.44. The fraction of sp³-hybridized carbons (Fsp3) is 0.214. The molecule has 0 radical (unpaired) electrons. The monoisotopic (exact) mass is 244 g/mol. The first kappa shape index (κ1) is 11.0. The normalized spacial score (nSPS) is 18.9. The molecule has 18 heavy (non-hydrogen) atoms. The zero-order valence-electron chi connectivity index (χ0n) is 9.55. The van der Waals surface area contributed by atoms with Gasteiger partial charge in [-0.1, -0.05) is 18.2 Å². The van der Waals surface area contributed by atoms with Crippen LogP contribution in [-0.2, 0) is 6.42 Å². The van der Waals surface area contributed by atoms with Crippen molar-refractivity contribution in [3.05, 3.63) is 35.4 Å². The van der Waals surface area contributed by atoms with Crippen LogP contribution in [0, 0.1) is 0 Å². The molecule has 4 heteroatoms. The van der Waals surface area contributed by atoms with Crippen molar-refractivity contribution in [1.82, 2.24) is 0 Å². The maximum atomic E-state index is 11.9. The summed E-state index contributed by atoms with van der Waals surface area (Å²) in [5, 5.41) is 30.5. The lowest BCUT2D eigenvalue weighted by atomic mass is 9.85. The summed E-state index contributed by atoms with van der Waals surface area (Å²) < 4.78 is 0. The van der Waals surface area contributed by atoms with Crippen molar-refractivity contribution in [1.29, 1.82) is 0 Å². The summed E-state index contributed by atoms with van der Waals surface area (Å²) in [5.74, 6) is -0.774. The van der Waals surface area contributed by atoms with E-state index in [4.69, 9.17) is 0 Å². The van der Waals surface area contributed by atoms with Crippen molar-refractivity contribution in [2.24, 2.45) is 0 Å². The number of aryl methyl sites for hydroxylation is 1. The molecule has 0 heterocycles. The number of benzene rings is 2. The van der Waals surface area contributed by atoms with E-state index in [1.807, 2.05) is 0 Å². The fourth-order valence-electron chi connectivity index (χ4n) is 2.53. The molecule has 0 fully saturated rings. The number of carbonyl (C=O) groups excluding carboxylic acids is 1. The molecule has 1 aliphatic rings. The highest BCUT2D eigenvalue weighted by Crippen LogP contribution is 2.39. The minimum atomic E-state index is -1.06. The highest BCUT2D eigenvalue weighted by Gasteiger charge is 2.30. The average molecular weight is 244 g/mol. The van der Waals surface area contributed by atoms with E-state index in [2.05, 4.69) is 0 Å². The molecule has 0 amide bonds. The van der Waals surface area contributed by atoms with Gasteiger partial charge in [0.15, 0.2) is 5.78 Å². The van der Waals surface area contributed by atoms with Crippen molar-refractivity contribution in [3.8, 4) is 11.5 Å². The number of aromatic hydroxyl groups is 2. The van der Waals surface area contributed by atoms with Crippen LogP contribution < -0.4 is 0 Å². The van der Waals surface area contributed by atoms with Crippen molar-refractivity contribution >= 4 is 16.6 Å². The summed E-state index contributed by atoms with van der Waals surface area (Å²) in [7, 11) is 0. The number of phenols is 2. The van der Waals surface area contributed by atoms with Gasteiger partial charge in [-0.05, 0) is 29.9 Å². The average Bonchev–Trinajstić information content (AvgIpc) is 2.34. The van der Waals surface area contributed by atoms with E-state index >= 15 is 0 Å². The van der Waals surface area contributed by atoms with Crippen LogP contribution in [0.1, 0.15) is 22.3 Å². The van der Waals surface area contributed by atoms with E-state index in [1.165, 1.54) is 6.07 Å². The van der Waals surface area contributed by atoms with Crippen molar-refractivity contribution in [2.75, 3.05) is 0 Å². The van der Waals surface area contributed by atoms with Crippen LogP contribution in [0.15, 0.2) is 24.3 Å². The molecule has 3 rings (SSSR count). The summed E-state index contributed by atoms with van der Waals surface area (Å²) in [4.78, 5) is 11.9. The molecular weight excluding hydrogens is 232 g/mol. The van der Waals surface area contributed by atoms with E-state index in [1.54, 1.807) is 18.2 Å². The molecule has 1 atom stereocenters. The Bertz CT molecular complexity index is 660. The van der Waals surface area contributed by atoms with Gasteiger partial charge in [-0.25, -0.2) is 0 Å². The van der Waals surface area contributed by atoms with E-state index in [-0.39, 0.29) is 22.4 Å². The van der Waals surface area contributed by atoms with Gasteiger partial charge in [0.2, 0.25) is 0 Å². The quantitative estimate of drug-likeness (QED) is 0.659. The molecule has 0 aromatic heterocycles. The Hall–Kier alpha value is -2.07. The van der Waals surface area contributed by atoms with Gasteiger partial charge >= 0.3 is 0 Å². The maximum absolute atomic E-state index is 11.9. The lowest BCUT2D eigenvalue weighted by Crippen LogP contribution is -2.27. The summed E-state index contributed by atoms with van der Waals surface area (Å²) in [6.45, 7) is 0. The number of aliphatic hydroxyl groups is 1. The Balaban J connectivity index is 2.40. The Morgan fingerprint density at radius 2 is 2.00 bits per heavy atom. The van der Waals surface area contributed by atoms with Gasteiger partial charge < -0.3 is 15.3 Å². The third kappa shape index (κ3) is 1.39. The summed E-state index contributed by atoms with van der Waals surface area (Å²) in [5.41, 5.74) is 0.864. The smallest absolute Gasteiger partial charge is 0.195 e. The number of hydrogen-bond donors (Lipinski definition) is 3. The number of phenolic OH excluding ortho intramolecular Hbond substituents is 2. The second-order valence-corrected chi connectivity index (χ2v) is 4.55. The lowest BCUT2D eigenvalue weighted by molar-refractivity contribution is 0.0709. The highest BCUT2D eigenvalue weighted by atomic mass is 16.3. The zero-order chi connectivity index (χ0) is 12.9. The first-order chi connectivity index (χ1) is 8.59. The predicted molar refractivity (Wildman–Crippen MR) is 65.9 cm³/mol. The topological polar surface area (TPSA) is 77.8 Å². The SMILES string of the molecule is O=C1c2c(cc3cccc(O)c3c2O)CC[C@@H]1O. The van der Waals surface area contributed by atoms with Crippen LogP contribution in [0.3, 0.4) is 0 Å². The van der Waals surface area contributed by atoms with Crippen molar-refractivity contribution in [2.45, 2.75) is 18.9 Å². The second-order valence-electron chi connectivity index (χ2n) is 4.55. The van der Waals surface area contributed by atoms with Crippen LogP contribution >= 0.6 is 0 Å². The number of hydrogen-bond acceptors (Lipinski definition) is 4. The summed E-state index contributed by atoms with van der Waals surface area (Å²) in [6.07, 6.45) is -0.150. The number of aliphatic hydroxyl groups excluding tert-OH is 1. The number of ketones is 1. The van der Waals surface area contributed by atoms with Gasteiger partial charge in [0.05, 0.1) is 10.9 Å². The minimum Gasteiger partial charge on any atom is -0.507 e. The van der Waals surface area contributed by atoms with Gasteiger partial charge in [0.25, 0.3) is 0 Å². The number of rotatable bonds is 0. The molecule has 0 bridgehead atoms. The predicted octanol–water partition coefficient (Wildman–Crippen LogP) is 1.74. The summed E-state index contributed by atoms with van der Waals surface area (Å²) >= 11 is 0. The third-order valence-corrected chi connectivity index (χ3v) is 3.44. The van der Waals surface area contributed by atoms with E-state index in [0.717, 1.165) is 5.56 Å². The van der Waals surface area contributed by atoms with Crippen molar-refractivity contribution < 1.29 is 20.1 Å². The molecule has 2 aromatic rings. The van der Waals surface area contributed by atoms with Gasteiger partial charge in [-0.3, -0.25) is 4.79 Å². The molecule has 0 spiro atoms. The molecule has 4 nitrogen and oxygen atoms in total. The molecule has 0 saturated heterocycles. The van der Waals surface area contributed by atoms with Gasteiger partial charge in [0.1, 0.15) is 17.6 Å². The van der Waals surface area contributed by atoms with Crippen LogP contribution in [-0.4, -0.2) is 27.2 Å². The van der Waals surface area contributed by atoms with Crippen LogP contribution in [0.5, 0.6) is 11.5 Å². The van der Waals surface area contributed by atoms with Crippen LogP contribution in [0.25, 0.3) is 10.8 Å². The molecular formula is C14H12O4. The molecule has 3 N–H and O–H groups in total. The van der Waals surface area contributed by atoms with E-state index in [0.29, 0.717) is 18.2 Å². The Morgan fingerprint density at radius 3 is 2.78 bits per heavy atom. The first-order valence-electron chi connectivity index (χ1n) is 5.78. The van der Waals surface area contributed by atoms with Crippen LogP contribution in [0.2, 0.25) is 0 Å². The van der Waals surface area contributed by atoms with Gasteiger partial charge in [0, 0.05) is 0 Å². The standard InChI is InChI=1S/C14H12O4/c15-9-3-1-2-7-6-8-4-5-10(16)13(17)12(8)14(18)11(7)9/h1-3,6,10,15-16,18H,4-5H2/t10-/m0/s1. The molecule has 1 aliphatic carbocycles. The Kier molecular flexibility index (Phi) is 2.28. The molecule has 0 unspecified atom stereocenters. The Labute approximate surface area is 103 Å². The Morgan fingerprint density at radius 1 is 1.22 bits per heavy atom. The highest BCUT2D eigenvalue weighted by molar-refractivity contribution is 6.10. The molecule has 0 saturated carbocycles. The molecule has 92 valence electrons. The molecule has 0 aliphatic heterocycles. The van der Waals surface area contributed by atoms with E-state index < -0.39 is 11.9 Å². The maximum Gasteiger partial charge on any atom is 0.195 e. The lowest BCUT2D eigenvalue weighted by Gasteiger charge is -2.21. The van der Waals surface area contributed by atoms with E-state index in [9.17, 15) is 20.1 Å². The second kappa shape index (κ2) is 3.71. The van der Waals surface area contributed by atoms with Crippen molar-refractivity contribution in [3.63, 3.8) is 0 Å². The number of Topliss-reactive ketones (excluding diaryl/α,β-unsaturated/α-hetero) is 1. The largest absolute Gasteiger partial charge is 0.507 e. The minimum absolute atomic E-state index is 0.0688. The number of carbonyl (C=O) groups is 1. The zero-order valence-corrected chi connectivity index (χ0v) is 9.55. The van der Waals surface area contributed by atoms with Gasteiger partial charge in [-0.2, -0.15) is 0 Å². The fourth-order valence-corrected chi connectivity index (χ4v) is 2.53. The number of fused-ring (bicyclic) bond motifs is 2.